The second kappa shape index (κ2) is 10.3. The fraction of sp³-hybridized carbons (Fsp3) is 0.731. The van der Waals surface area contributed by atoms with Crippen molar-refractivity contribution in [3.63, 3.8) is 0 Å². The number of carbonyl (C=O) groups excluding carboxylic acids is 1. The summed E-state index contributed by atoms with van der Waals surface area (Å²) in [6.45, 7) is 9.59. The van der Waals surface area contributed by atoms with Crippen molar-refractivity contribution in [1.82, 2.24) is 0 Å². The standard InChI is InChI=1S/C26H40NO2.HI/c1-4-27(18-19(2)3)21-14-15-22(27)17-23(16-21)29-26(28)25-13-9-8-12-24(25)20-10-6-5-7-11-20;/h5-7,10-11,19,21-25H,4,8-9,12-18H2,1-3H3;1H/q+1;/p-1/t21-,22+,23?,24?,25?,27?;. The minimum absolute atomic E-state index is 0. The highest BCUT2D eigenvalue weighted by Gasteiger charge is 2.54. The molecule has 4 heteroatoms. The molecule has 4 rings (SSSR count). The average molecular weight is 526 g/mol. The van der Waals surface area contributed by atoms with Crippen LogP contribution in [0.2, 0.25) is 0 Å². The first-order chi connectivity index (χ1) is 14.0. The Morgan fingerprint density at radius 1 is 1.03 bits per heavy atom. The van der Waals surface area contributed by atoms with E-state index in [-0.39, 0.29) is 42.0 Å². The highest BCUT2D eigenvalue weighted by molar-refractivity contribution is 5.74. The van der Waals surface area contributed by atoms with Crippen molar-refractivity contribution >= 4 is 5.97 Å². The number of fused-ring (bicyclic) bond motifs is 2. The molecule has 4 unspecified atom stereocenters. The molecule has 1 aliphatic carbocycles. The topological polar surface area (TPSA) is 26.3 Å². The first-order valence-corrected chi connectivity index (χ1v) is 12.2. The Morgan fingerprint density at radius 3 is 2.27 bits per heavy atom. The molecule has 168 valence electrons. The zero-order valence-electron chi connectivity index (χ0n) is 19.1. The first-order valence-electron chi connectivity index (χ1n) is 12.2. The number of hydrogen-bond acceptors (Lipinski definition) is 2. The maximum atomic E-state index is 13.3. The van der Waals surface area contributed by atoms with Crippen molar-refractivity contribution < 1.29 is 38.0 Å². The molecule has 3 nitrogen and oxygen atoms in total. The zero-order valence-corrected chi connectivity index (χ0v) is 21.2. The van der Waals surface area contributed by atoms with Crippen LogP contribution in [0.1, 0.15) is 83.6 Å². The van der Waals surface area contributed by atoms with Crippen molar-refractivity contribution in [2.24, 2.45) is 11.8 Å². The highest BCUT2D eigenvalue weighted by Crippen LogP contribution is 2.45. The van der Waals surface area contributed by atoms with Gasteiger partial charge in [-0.1, -0.05) is 57.0 Å². The normalized spacial score (nSPS) is 35.7. The number of ether oxygens (including phenoxy) is 1. The lowest BCUT2D eigenvalue weighted by Crippen LogP contribution is -3.00. The van der Waals surface area contributed by atoms with E-state index in [4.69, 9.17) is 4.74 Å². The number of nitrogens with zero attached hydrogens (tertiary/aromatic N) is 1. The third-order valence-electron chi connectivity index (χ3n) is 8.23. The smallest absolute Gasteiger partial charge is 0.309 e. The Bertz CT molecular complexity index is 678. The van der Waals surface area contributed by atoms with Crippen LogP contribution in [0, 0.1) is 11.8 Å². The maximum absolute atomic E-state index is 13.3. The molecule has 1 saturated carbocycles. The second-order valence-corrected chi connectivity index (χ2v) is 10.3. The predicted octanol–water partition coefficient (Wildman–Crippen LogP) is 2.69. The summed E-state index contributed by atoms with van der Waals surface area (Å²) in [5.41, 5.74) is 1.32. The molecular formula is C26H40INO2. The third kappa shape index (κ3) is 4.74. The van der Waals surface area contributed by atoms with Crippen molar-refractivity contribution in [3.05, 3.63) is 35.9 Å². The molecule has 3 fully saturated rings. The van der Waals surface area contributed by atoms with Crippen LogP contribution in [0.15, 0.2) is 30.3 Å². The quantitative estimate of drug-likeness (QED) is 0.325. The van der Waals surface area contributed by atoms with Gasteiger partial charge in [-0.05, 0) is 31.2 Å². The third-order valence-corrected chi connectivity index (χ3v) is 8.23. The number of halogens is 1. The molecule has 0 amide bonds. The Hall–Kier alpha value is -0.620. The molecule has 0 radical (unpaired) electrons. The van der Waals surface area contributed by atoms with Crippen LogP contribution >= 0.6 is 0 Å². The first kappa shape index (κ1) is 24.0. The molecule has 2 heterocycles. The Morgan fingerprint density at radius 2 is 1.67 bits per heavy atom. The largest absolute Gasteiger partial charge is 1.00 e. The van der Waals surface area contributed by atoms with Gasteiger partial charge in [0.25, 0.3) is 0 Å². The van der Waals surface area contributed by atoms with Gasteiger partial charge in [0.05, 0.1) is 31.1 Å². The van der Waals surface area contributed by atoms with Gasteiger partial charge in [-0.2, -0.15) is 0 Å². The van der Waals surface area contributed by atoms with Crippen LogP contribution in [0.5, 0.6) is 0 Å². The van der Waals surface area contributed by atoms with Crippen LogP contribution in [0.4, 0.5) is 0 Å². The van der Waals surface area contributed by atoms with Crippen LogP contribution in [0.25, 0.3) is 0 Å². The lowest BCUT2D eigenvalue weighted by molar-refractivity contribution is -0.967. The van der Waals surface area contributed by atoms with Gasteiger partial charge < -0.3 is 33.2 Å². The van der Waals surface area contributed by atoms with E-state index in [1.54, 1.807) is 0 Å². The van der Waals surface area contributed by atoms with E-state index < -0.39 is 0 Å². The van der Waals surface area contributed by atoms with Gasteiger partial charge in [-0.25, -0.2) is 0 Å². The van der Waals surface area contributed by atoms with Crippen LogP contribution in [-0.2, 0) is 9.53 Å². The lowest BCUT2D eigenvalue weighted by Gasteiger charge is -2.50. The average Bonchev–Trinajstić information content (AvgIpc) is 2.90. The Kier molecular flexibility index (Phi) is 8.28. The zero-order chi connectivity index (χ0) is 20.4. The minimum atomic E-state index is 0. The molecule has 0 spiro atoms. The molecule has 1 aromatic carbocycles. The summed E-state index contributed by atoms with van der Waals surface area (Å²) in [7, 11) is 0. The van der Waals surface area contributed by atoms with Crippen molar-refractivity contribution in [2.45, 2.75) is 96.2 Å². The van der Waals surface area contributed by atoms with Crippen molar-refractivity contribution in [3.8, 4) is 0 Å². The Labute approximate surface area is 200 Å². The predicted molar refractivity (Wildman–Crippen MR) is 118 cm³/mol. The van der Waals surface area contributed by atoms with E-state index in [1.807, 2.05) is 0 Å². The van der Waals surface area contributed by atoms with Gasteiger partial charge in [0.2, 0.25) is 0 Å². The number of hydrogen-bond donors (Lipinski definition) is 0. The molecule has 1 aromatic rings. The van der Waals surface area contributed by atoms with Crippen LogP contribution < -0.4 is 24.0 Å². The summed E-state index contributed by atoms with van der Waals surface area (Å²) in [5.74, 6) is 1.20. The number of esters is 1. The fourth-order valence-electron chi connectivity index (χ4n) is 7.04. The summed E-state index contributed by atoms with van der Waals surface area (Å²) in [5, 5.41) is 0. The SMILES string of the molecule is CC[N+]1(CC(C)C)[C@@H]2CC[C@H]1CC(OC(=O)C1CCCCC1c1ccccc1)C2.[I-]. The molecule has 30 heavy (non-hydrogen) atoms. The van der Waals surface area contributed by atoms with Crippen LogP contribution in [0.3, 0.4) is 0 Å². The second-order valence-electron chi connectivity index (χ2n) is 10.3. The van der Waals surface area contributed by atoms with Crippen LogP contribution in [-0.4, -0.2) is 41.7 Å². The summed E-state index contributed by atoms with van der Waals surface area (Å²) in [4.78, 5) is 13.3. The van der Waals surface area contributed by atoms with Gasteiger partial charge >= 0.3 is 5.97 Å². The summed E-state index contributed by atoms with van der Waals surface area (Å²) in [6.07, 6.45) is 9.40. The summed E-state index contributed by atoms with van der Waals surface area (Å²) < 4.78 is 7.54. The van der Waals surface area contributed by atoms with Gasteiger partial charge in [-0.3, -0.25) is 4.79 Å². The van der Waals surface area contributed by atoms with Gasteiger partial charge in [0.1, 0.15) is 6.10 Å². The van der Waals surface area contributed by atoms with E-state index in [9.17, 15) is 4.79 Å². The summed E-state index contributed by atoms with van der Waals surface area (Å²) >= 11 is 0. The molecular weight excluding hydrogens is 485 g/mol. The van der Waals surface area contributed by atoms with E-state index in [0.717, 1.165) is 38.0 Å². The number of rotatable bonds is 6. The minimum Gasteiger partial charge on any atom is -1.00 e. The highest BCUT2D eigenvalue weighted by atomic mass is 127. The molecule has 0 N–H and O–H groups in total. The van der Waals surface area contributed by atoms with Gasteiger partial charge in [-0.15, -0.1) is 0 Å². The van der Waals surface area contributed by atoms with E-state index in [1.165, 1.54) is 42.4 Å². The molecule has 2 saturated heterocycles. The van der Waals surface area contributed by atoms with E-state index >= 15 is 0 Å². The number of benzene rings is 1. The molecule has 3 aliphatic rings. The monoisotopic (exact) mass is 525 g/mol. The fourth-order valence-corrected chi connectivity index (χ4v) is 7.04. The molecule has 2 bridgehead atoms. The van der Waals surface area contributed by atoms with Crippen molar-refractivity contribution in [1.29, 1.82) is 0 Å². The molecule has 0 aromatic heterocycles. The van der Waals surface area contributed by atoms with Gasteiger partial charge in [0.15, 0.2) is 0 Å². The van der Waals surface area contributed by atoms with Gasteiger partial charge in [0, 0.05) is 31.6 Å². The van der Waals surface area contributed by atoms with E-state index in [0.29, 0.717) is 18.0 Å². The molecule has 6 atom stereocenters. The molecule has 2 aliphatic heterocycles. The number of quaternary nitrogens is 1. The maximum Gasteiger partial charge on any atom is 0.309 e. The number of carbonyl (C=O) groups is 1. The van der Waals surface area contributed by atoms with Crippen molar-refractivity contribution in [2.75, 3.05) is 13.1 Å². The van der Waals surface area contributed by atoms with E-state index in [2.05, 4.69) is 51.1 Å². The Balaban J connectivity index is 0.00000256. The number of piperidine rings is 1. The lowest BCUT2D eigenvalue weighted by atomic mass is 9.75. The summed E-state index contributed by atoms with van der Waals surface area (Å²) in [6, 6.07) is 12.0.